The SMILES string of the molecule is O=C(C1CCN(c2ncc(C(F)(F)F)cc2Cl)CC1)N1CCCC1. The van der Waals surface area contributed by atoms with Gasteiger partial charge in [0.2, 0.25) is 5.91 Å². The molecule has 0 N–H and O–H groups in total. The maximum atomic E-state index is 12.7. The molecule has 2 fully saturated rings. The van der Waals surface area contributed by atoms with Crippen LogP contribution in [0.15, 0.2) is 12.3 Å². The molecule has 0 atom stereocenters. The van der Waals surface area contributed by atoms with Gasteiger partial charge in [0, 0.05) is 38.3 Å². The van der Waals surface area contributed by atoms with Crippen LogP contribution in [0.2, 0.25) is 5.02 Å². The number of amides is 1. The molecule has 0 bridgehead atoms. The Hall–Kier alpha value is -1.50. The number of piperidine rings is 1. The molecule has 0 aliphatic carbocycles. The number of carbonyl (C=O) groups is 1. The van der Waals surface area contributed by atoms with Crippen LogP contribution in [-0.2, 0) is 11.0 Å². The number of alkyl halides is 3. The lowest BCUT2D eigenvalue weighted by molar-refractivity contribution is -0.138. The third-order valence-electron chi connectivity index (χ3n) is 4.71. The molecule has 0 radical (unpaired) electrons. The second-order valence-electron chi connectivity index (χ2n) is 6.32. The van der Waals surface area contributed by atoms with Crippen molar-refractivity contribution in [1.29, 1.82) is 0 Å². The van der Waals surface area contributed by atoms with Crippen LogP contribution >= 0.6 is 11.6 Å². The number of pyridine rings is 1. The number of aromatic nitrogens is 1. The first-order chi connectivity index (χ1) is 11.4. The van der Waals surface area contributed by atoms with Crippen molar-refractivity contribution < 1.29 is 18.0 Å². The van der Waals surface area contributed by atoms with Crippen molar-refractivity contribution >= 4 is 23.3 Å². The molecule has 4 nitrogen and oxygen atoms in total. The minimum Gasteiger partial charge on any atom is -0.355 e. The van der Waals surface area contributed by atoms with Gasteiger partial charge in [0.1, 0.15) is 5.82 Å². The Morgan fingerprint density at radius 1 is 1.17 bits per heavy atom. The number of halogens is 4. The molecule has 0 aromatic carbocycles. The number of likely N-dealkylation sites (tertiary alicyclic amines) is 1. The van der Waals surface area contributed by atoms with Gasteiger partial charge in [0.25, 0.3) is 0 Å². The van der Waals surface area contributed by atoms with E-state index in [1.165, 1.54) is 0 Å². The Bertz CT molecular complexity index is 609. The van der Waals surface area contributed by atoms with E-state index in [2.05, 4.69) is 4.98 Å². The lowest BCUT2D eigenvalue weighted by Crippen LogP contribution is -2.42. The number of anilines is 1. The van der Waals surface area contributed by atoms with E-state index in [0.29, 0.717) is 31.7 Å². The van der Waals surface area contributed by atoms with Gasteiger partial charge in [-0.1, -0.05) is 11.6 Å². The minimum atomic E-state index is -4.45. The monoisotopic (exact) mass is 361 g/mol. The molecule has 1 aromatic heterocycles. The first-order valence-corrected chi connectivity index (χ1v) is 8.50. The summed E-state index contributed by atoms with van der Waals surface area (Å²) in [6.45, 7) is 2.82. The molecule has 2 aliphatic heterocycles. The molecule has 1 aromatic rings. The zero-order valence-electron chi connectivity index (χ0n) is 13.2. The molecule has 0 unspecified atom stereocenters. The fourth-order valence-electron chi connectivity index (χ4n) is 3.35. The average Bonchev–Trinajstić information content (AvgIpc) is 3.08. The zero-order chi connectivity index (χ0) is 17.3. The molecule has 3 heterocycles. The standard InChI is InChI=1S/C16H19ClF3N3O/c17-13-9-12(16(18,19)20)10-21-14(13)22-7-3-11(4-8-22)15(24)23-5-1-2-6-23/h9-11H,1-8H2. The number of carbonyl (C=O) groups excluding carboxylic acids is 1. The topological polar surface area (TPSA) is 36.4 Å². The van der Waals surface area contributed by atoms with Crippen molar-refractivity contribution in [2.45, 2.75) is 31.9 Å². The van der Waals surface area contributed by atoms with Gasteiger partial charge in [-0.15, -0.1) is 0 Å². The lowest BCUT2D eigenvalue weighted by Gasteiger charge is -2.34. The molecule has 3 rings (SSSR count). The largest absolute Gasteiger partial charge is 0.417 e. The third-order valence-corrected chi connectivity index (χ3v) is 4.99. The van der Waals surface area contributed by atoms with E-state index in [0.717, 1.165) is 38.2 Å². The predicted octanol–water partition coefficient (Wildman–Crippen LogP) is 3.59. The van der Waals surface area contributed by atoms with Gasteiger partial charge in [-0.25, -0.2) is 4.98 Å². The number of rotatable bonds is 2. The van der Waals surface area contributed by atoms with E-state index in [9.17, 15) is 18.0 Å². The highest BCUT2D eigenvalue weighted by Crippen LogP contribution is 2.34. The summed E-state index contributed by atoms with van der Waals surface area (Å²) in [7, 11) is 0. The fraction of sp³-hybridized carbons (Fsp3) is 0.625. The summed E-state index contributed by atoms with van der Waals surface area (Å²) in [5, 5.41) is -0.00542. The maximum Gasteiger partial charge on any atom is 0.417 e. The van der Waals surface area contributed by atoms with Crippen LogP contribution in [0, 0.1) is 5.92 Å². The van der Waals surface area contributed by atoms with E-state index in [1.807, 2.05) is 9.80 Å². The molecule has 2 aliphatic rings. The van der Waals surface area contributed by atoms with Gasteiger partial charge in [0.05, 0.1) is 10.6 Å². The van der Waals surface area contributed by atoms with Crippen molar-refractivity contribution in [2.75, 3.05) is 31.1 Å². The number of nitrogens with zero attached hydrogens (tertiary/aromatic N) is 3. The molecule has 24 heavy (non-hydrogen) atoms. The maximum absolute atomic E-state index is 12.7. The van der Waals surface area contributed by atoms with Crippen molar-refractivity contribution in [2.24, 2.45) is 5.92 Å². The Labute approximate surface area is 143 Å². The zero-order valence-corrected chi connectivity index (χ0v) is 13.9. The fourth-order valence-corrected chi connectivity index (χ4v) is 3.64. The Morgan fingerprint density at radius 2 is 1.79 bits per heavy atom. The Balaban J connectivity index is 1.63. The van der Waals surface area contributed by atoms with Gasteiger partial charge < -0.3 is 9.80 Å². The smallest absolute Gasteiger partial charge is 0.355 e. The predicted molar refractivity (Wildman–Crippen MR) is 85.0 cm³/mol. The normalized spacial score (nSPS) is 19.8. The molecule has 132 valence electrons. The van der Waals surface area contributed by atoms with Crippen molar-refractivity contribution in [3.8, 4) is 0 Å². The Morgan fingerprint density at radius 3 is 2.33 bits per heavy atom. The molecule has 0 saturated carbocycles. The van der Waals surface area contributed by atoms with E-state index < -0.39 is 11.7 Å². The van der Waals surface area contributed by atoms with Crippen molar-refractivity contribution in [1.82, 2.24) is 9.88 Å². The van der Waals surface area contributed by atoms with Gasteiger partial charge in [-0.05, 0) is 31.7 Å². The van der Waals surface area contributed by atoms with Crippen LogP contribution in [-0.4, -0.2) is 42.0 Å². The molecular formula is C16H19ClF3N3O. The summed E-state index contributed by atoms with van der Waals surface area (Å²) in [5.74, 6) is 0.558. The quantitative estimate of drug-likeness (QED) is 0.807. The summed E-state index contributed by atoms with van der Waals surface area (Å²) in [6.07, 6.45) is -0.166. The van der Waals surface area contributed by atoms with E-state index in [-0.39, 0.29) is 16.8 Å². The first kappa shape index (κ1) is 17.3. The van der Waals surface area contributed by atoms with E-state index in [1.54, 1.807) is 0 Å². The summed E-state index contributed by atoms with van der Waals surface area (Å²) in [6, 6.07) is 0.908. The molecule has 2 saturated heterocycles. The summed E-state index contributed by atoms with van der Waals surface area (Å²) < 4.78 is 38.0. The van der Waals surface area contributed by atoms with Crippen LogP contribution in [0.25, 0.3) is 0 Å². The van der Waals surface area contributed by atoms with Crippen molar-refractivity contribution in [3.05, 3.63) is 22.8 Å². The second-order valence-corrected chi connectivity index (χ2v) is 6.73. The van der Waals surface area contributed by atoms with Crippen LogP contribution in [0.4, 0.5) is 19.0 Å². The van der Waals surface area contributed by atoms with Gasteiger partial charge in [-0.2, -0.15) is 13.2 Å². The summed E-state index contributed by atoms with van der Waals surface area (Å²) in [5.41, 5.74) is -0.852. The van der Waals surface area contributed by atoms with Crippen LogP contribution in [0.1, 0.15) is 31.2 Å². The minimum absolute atomic E-state index is 0.00542. The van der Waals surface area contributed by atoms with Crippen molar-refractivity contribution in [3.63, 3.8) is 0 Å². The lowest BCUT2D eigenvalue weighted by atomic mass is 9.95. The average molecular weight is 362 g/mol. The van der Waals surface area contributed by atoms with Crippen LogP contribution in [0.3, 0.4) is 0 Å². The summed E-state index contributed by atoms with van der Waals surface area (Å²) in [4.78, 5) is 20.1. The third kappa shape index (κ3) is 3.61. The second kappa shape index (κ2) is 6.78. The van der Waals surface area contributed by atoms with Gasteiger partial charge >= 0.3 is 6.18 Å². The van der Waals surface area contributed by atoms with Crippen LogP contribution < -0.4 is 4.90 Å². The molecule has 1 amide bonds. The molecule has 0 spiro atoms. The van der Waals surface area contributed by atoms with Gasteiger partial charge in [-0.3, -0.25) is 4.79 Å². The highest BCUT2D eigenvalue weighted by atomic mass is 35.5. The van der Waals surface area contributed by atoms with Crippen LogP contribution in [0.5, 0.6) is 0 Å². The molecule has 8 heteroatoms. The number of hydrogen-bond acceptors (Lipinski definition) is 3. The van der Waals surface area contributed by atoms with E-state index in [4.69, 9.17) is 11.6 Å². The number of hydrogen-bond donors (Lipinski definition) is 0. The first-order valence-electron chi connectivity index (χ1n) is 8.13. The van der Waals surface area contributed by atoms with Gasteiger partial charge in [0.15, 0.2) is 0 Å². The van der Waals surface area contributed by atoms with E-state index >= 15 is 0 Å². The summed E-state index contributed by atoms with van der Waals surface area (Å²) >= 11 is 5.99. The highest BCUT2D eigenvalue weighted by molar-refractivity contribution is 6.33. The highest BCUT2D eigenvalue weighted by Gasteiger charge is 2.33. The Kier molecular flexibility index (Phi) is 4.90. The molecular weight excluding hydrogens is 343 g/mol.